The highest BCUT2D eigenvalue weighted by atomic mass is 16.5. The Kier molecular flexibility index (Phi) is 5.30. The van der Waals surface area contributed by atoms with Crippen molar-refractivity contribution in [2.24, 2.45) is 0 Å². The zero-order valence-corrected chi connectivity index (χ0v) is 12.1. The summed E-state index contributed by atoms with van der Waals surface area (Å²) in [6.07, 6.45) is 0.959. The molecule has 2 aromatic rings. The molecule has 0 amide bonds. The zero-order chi connectivity index (χ0) is 14.2. The second-order valence-electron chi connectivity index (χ2n) is 4.62. The smallest absolute Gasteiger partial charge is 0.119 e. The highest BCUT2D eigenvalue weighted by Crippen LogP contribution is 2.17. The molecule has 0 fully saturated rings. The Balaban J connectivity index is 1.67. The minimum Gasteiger partial charge on any atom is -0.497 e. The number of nitrogens with one attached hydrogen (secondary N) is 1. The number of hydrogen-bond acceptors (Lipinski definition) is 3. The van der Waals surface area contributed by atoms with Crippen molar-refractivity contribution in [2.45, 2.75) is 13.3 Å². The predicted octanol–water partition coefficient (Wildman–Crippen LogP) is 3.88. The zero-order valence-electron chi connectivity index (χ0n) is 12.1. The molecule has 106 valence electrons. The molecule has 1 N–H and O–H groups in total. The van der Waals surface area contributed by atoms with Crippen molar-refractivity contribution in [3.05, 3.63) is 54.1 Å². The van der Waals surface area contributed by atoms with Crippen LogP contribution in [0.4, 0.5) is 5.69 Å². The Morgan fingerprint density at radius 3 is 2.35 bits per heavy atom. The number of aryl methyl sites for hydroxylation is 1. The third-order valence-corrected chi connectivity index (χ3v) is 3.11. The quantitative estimate of drug-likeness (QED) is 0.775. The Labute approximate surface area is 120 Å². The highest BCUT2D eigenvalue weighted by molar-refractivity contribution is 5.50. The first-order chi connectivity index (χ1) is 9.79. The Hall–Kier alpha value is -2.16. The predicted molar refractivity (Wildman–Crippen MR) is 82.8 cm³/mol. The van der Waals surface area contributed by atoms with E-state index in [2.05, 4.69) is 24.4 Å². The largest absolute Gasteiger partial charge is 0.497 e. The summed E-state index contributed by atoms with van der Waals surface area (Å²) >= 11 is 0. The minimum atomic E-state index is 0.700. The normalized spacial score (nSPS) is 10.1. The van der Waals surface area contributed by atoms with Crippen molar-refractivity contribution in [1.29, 1.82) is 0 Å². The molecule has 0 radical (unpaired) electrons. The summed E-state index contributed by atoms with van der Waals surface area (Å²) in [5.74, 6) is 1.72. The first-order valence-corrected chi connectivity index (χ1v) is 6.86. The molecule has 2 rings (SSSR count). The van der Waals surface area contributed by atoms with E-state index in [1.807, 2.05) is 36.4 Å². The third kappa shape index (κ3) is 4.19. The van der Waals surface area contributed by atoms with Crippen molar-refractivity contribution in [2.75, 3.05) is 25.6 Å². The lowest BCUT2D eigenvalue weighted by molar-refractivity contribution is 0.314. The summed E-state index contributed by atoms with van der Waals surface area (Å²) in [7, 11) is 1.66. The molecule has 0 saturated carbocycles. The van der Waals surface area contributed by atoms with Crippen LogP contribution >= 0.6 is 0 Å². The van der Waals surface area contributed by atoms with Gasteiger partial charge in [0.2, 0.25) is 0 Å². The summed E-state index contributed by atoms with van der Waals surface area (Å²) in [6, 6.07) is 16.0. The molecule has 20 heavy (non-hydrogen) atoms. The molecule has 0 aromatic heterocycles. The van der Waals surface area contributed by atoms with Crippen LogP contribution in [-0.2, 0) is 0 Å². The monoisotopic (exact) mass is 271 g/mol. The maximum Gasteiger partial charge on any atom is 0.119 e. The summed E-state index contributed by atoms with van der Waals surface area (Å²) < 4.78 is 10.8. The van der Waals surface area contributed by atoms with E-state index in [0.717, 1.165) is 24.5 Å². The molecular formula is C17H21NO2. The first-order valence-electron chi connectivity index (χ1n) is 6.86. The van der Waals surface area contributed by atoms with Crippen LogP contribution < -0.4 is 14.8 Å². The lowest BCUT2D eigenvalue weighted by Crippen LogP contribution is -2.08. The van der Waals surface area contributed by atoms with Crippen LogP contribution in [0.5, 0.6) is 11.5 Å². The van der Waals surface area contributed by atoms with Crippen LogP contribution in [0.2, 0.25) is 0 Å². The van der Waals surface area contributed by atoms with Crippen LogP contribution in [0, 0.1) is 6.92 Å². The van der Waals surface area contributed by atoms with Crippen molar-refractivity contribution >= 4 is 5.69 Å². The Bertz CT molecular complexity index is 523. The summed E-state index contributed by atoms with van der Waals surface area (Å²) in [5, 5.41) is 3.42. The maximum atomic E-state index is 5.68. The van der Waals surface area contributed by atoms with Crippen LogP contribution in [0.25, 0.3) is 0 Å². The van der Waals surface area contributed by atoms with Gasteiger partial charge >= 0.3 is 0 Å². The molecule has 0 unspecified atom stereocenters. The molecule has 0 aliphatic carbocycles. The molecule has 2 aromatic carbocycles. The van der Waals surface area contributed by atoms with Crippen molar-refractivity contribution in [3.63, 3.8) is 0 Å². The van der Waals surface area contributed by atoms with Crippen LogP contribution in [-0.4, -0.2) is 20.3 Å². The van der Waals surface area contributed by atoms with Gasteiger partial charge in [0, 0.05) is 12.2 Å². The van der Waals surface area contributed by atoms with Crippen molar-refractivity contribution < 1.29 is 9.47 Å². The van der Waals surface area contributed by atoms with Crippen LogP contribution in [0.1, 0.15) is 12.0 Å². The number of benzene rings is 2. The molecule has 0 atom stereocenters. The first kappa shape index (κ1) is 14.3. The van der Waals surface area contributed by atoms with Crippen LogP contribution in [0.15, 0.2) is 48.5 Å². The molecule has 0 saturated heterocycles. The fraction of sp³-hybridized carbons (Fsp3) is 0.294. The van der Waals surface area contributed by atoms with E-state index < -0.39 is 0 Å². The molecule has 0 bridgehead atoms. The third-order valence-electron chi connectivity index (χ3n) is 3.11. The topological polar surface area (TPSA) is 30.5 Å². The van der Waals surface area contributed by atoms with Crippen molar-refractivity contribution in [3.8, 4) is 11.5 Å². The minimum absolute atomic E-state index is 0.700. The van der Waals surface area contributed by atoms with E-state index in [1.54, 1.807) is 7.11 Å². The van der Waals surface area contributed by atoms with Gasteiger partial charge in [-0.2, -0.15) is 0 Å². The number of rotatable bonds is 7. The standard InChI is InChI=1S/C17H21NO2/c1-14-6-3-4-7-17(14)18-12-5-13-20-16-10-8-15(19-2)9-11-16/h3-4,6-11,18H,5,12-13H2,1-2H3. The fourth-order valence-corrected chi connectivity index (χ4v) is 1.93. The van der Waals surface area contributed by atoms with Gasteiger partial charge in [0.05, 0.1) is 13.7 Å². The van der Waals surface area contributed by atoms with E-state index in [0.29, 0.717) is 6.61 Å². The van der Waals surface area contributed by atoms with E-state index in [-0.39, 0.29) is 0 Å². The highest BCUT2D eigenvalue weighted by Gasteiger charge is 1.97. The van der Waals surface area contributed by atoms with Gasteiger partial charge in [0.15, 0.2) is 0 Å². The number of methoxy groups -OCH3 is 1. The fourth-order valence-electron chi connectivity index (χ4n) is 1.93. The van der Waals surface area contributed by atoms with Gasteiger partial charge in [-0.3, -0.25) is 0 Å². The van der Waals surface area contributed by atoms with E-state index in [9.17, 15) is 0 Å². The van der Waals surface area contributed by atoms with Gasteiger partial charge in [-0.25, -0.2) is 0 Å². The lowest BCUT2D eigenvalue weighted by Gasteiger charge is -2.10. The van der Waals surface area contributed by atoms with Gasteiger partial charge < -0.3 is 14.8 Å². The Morgan fingerprint density at radius 2 is 1.65 bits per heavy atom. The van der Waals surface area contributed by atoms with Gasteiger partial charge in [-0.05, 0) is 49.2 Å². The Morgan fingerprint density at radius 1 is 0.950 bits per heavy atom. The van der Waals surface area contributed by atoms with E-state index >= 15 is 0 Å². The maximum absolute atomic E-state index is 5.68. The number of anilines is 1. The summed E-state index contributed by atoms with van der Waals surface area (Å²) in [5.41, 5.74) is 2.46. The number of hydrogen-bond donors (Lipinski definition) is 1. The summed E-state index contributed by atoms with van der Waals surface area (Å²) in [4.78, 5) is 0. The van der Waals surface area contributed by atoms with Gasteiger partial charge in [0.25, 0.3) is 0 Å². The van der Waals surface area contributed by atoms with Gasteiger partial charge in [-0.15, -0.1) is 0 Å². The summed E-state index contributed by atoms with van der Waals surface area (Å²) in [6.45, 7) is 3.71. The average molecular weight is 271 g/mol. The molecule has 3 heteroatoms. The van der Waals surface area contributed by atoms with Crippen molar-refractivity contribution in [1.82, 2.24) is 0 Å². The van der Waals surface area contributed by atoms with Gasteiger partial charge in [-0.1, -0.05) is 18.2 Å². The van der Waals surface area contributed by atoms with E-state index in [4.69, 9.17) is 9.47 Å². The molecule has 3 nitrogen and oxygen atoms in total. The molecular weight excluding hydrogens is 250 g/mol. The average Bonchev–Trinajstić information content (AvgIpc) is 2.49. The molecule has 0 spiro atoms. The second kappa shape index (κ2) is 7.43. The van der Waals surface area contributed by atoms with Crippen LogP contribution in [0.3, 0.4) is 0 Å². The SMILES string of the molecule is COc1ccc(OCCCNc2ccccc2C)cc1. The number of para-hydroxylation sites is 1. The molecule has 0 aliphatic heterocycles. The molecule has 0 aliphatic rings. The van der Waals surface area contributed by atoms with E-state index in [1.165, 1.54) is 11.3 Å². The molecule has 0 heterocycles. The van der Waals surface area contributed by atoms with Gasteiger partial charge in [0.1, 0.15) is 11.5 Å². The number of ether oxygens (including phenoxy) is 2. The lowest BCUT2D eigenvalue weighted by atomic mass is 10.2. The second-order valence-corrected chi connectivity index (χ2v) is 4.62.